The maximum atomic E-state index is 5.89. The molecule has 0 aliphatic heterocycles. The predicted molar refractivity (Wildman–Crippen MR) is 69.2 cm³/mol. The molecule has 82 valence electrons. The highest BCUT2D eigenvalue weighted by molar-refractivity contribution is 6.33. The van der Waals surface area contributed by atoms with Crippen LogP contribution in [0.25, 0.3) is 11.1 Å². The van der Waals surface area contributed by atoms with Crippen molar-refractivity contribution in [2.75, 3.05) is 5.73 Å². The zero-order valence-corrected chi connectivity index (χ0v) is 9.54. The molecular weight excluding hydrogens is 220 g/mol. The minimum atomic E-state index is 0.513. The number of halogens is 1. The Kier molecular flexibility index (Phi) is 3.13. The van der Waals surface area contributed by atoms with Crippen molar-refractivity contribution in [2.24, 2.45) is 5.73 Å². The maximum Gasteiger partial charge on any atom is 0.0635 e. The first kappa shape index (κ1) is 11.0. The Bertz CT molecular complexity index is 509. The lowest BCUT2D eigenvalue weighted by atomic mass is 9.99. The van der Waals surface area contributed by atoms with Crippen LogP contribution in [-0.4, -0.2) is 0 Å². The largest absolute Gasteiger partial charge is 0.398 e. The number of rotatable bonds is 2. The van der Waals surface area contributed by atoms with Crippen LogP contribution in [0.1, 0.15) is 5.56 Å². The van der Waals surface area contributed by atoms with Crippen molar-refractivity contribution in [1.82, 2.24) is 0 Å². The molecule has 0 atom stereocenters. The molecule has 2 rings (SSSR count). The minimum absolute atomic E-state index is 0.513. The van der Waals surface area contributed by atoms with Crippen LogP contribution in [0.3, 0.4) is 0 Å². The highest BCUT2D eigenvalue weighted by Gasteiger charge is 2.04. The van der Waals surface area contributed by atoms with Gasteiger partial charge in [0.2, 0.25) is 0 Å². The summed E-state index contributed by atoms with van der Waals surface area (Å²) < 4.78 is 0. The van der Waals surface area contributed by atoms with Gasteiger partial charge in [0.1, 0.15) is 0 Å². The van der Waals surface area contributed by atoms with E-state index in [0.29, 0.717) is 17.3 Å². The number of hydrogen-bond donors (Lipinski definition) is 2. The number of nitrogens with two attached hydrogens (primary N) is 2. The molecule has 0 aliphatic carbocycles. The Hall–Kier alpha value is -1.51. The fourth-order valence-electron chi connectivity index (χ4n) is 1.69. The summed E-state index contributed by atoms with van der Waals surface area (Å²) in [5.74, 6) is 0. The SMILES string of the molecule is NCc1ccccc1-c1ccc(Cl)c(N)c1. The molecule has 2 nitrogen and oxygen atoms in total. The number of hydrogen-bond acceptors (Lipinski definition) is 2. The van der Waals surface area contributed by atoms with Gasteiger partial charge in [-0.25, -0.2) is 0 Å². The standard InChI is InChI=1S/C13H13ClN2/c14-12-6-5-9(7-13(12)16)11-4-2-1-3-10(11)8-15/h1-7H,8,15-16H2. The molecule has 0 bridgehead atoms. The topological polar surface area (TPSA) is 52.0 Å². The van der Waals surface area contributed by atoms with Crippen molar-refractivity contribution in [3.8, 4) is 11.1 Å². The van der Waals surface area contributed by atoms with Crippen molar-refractivity contribution in [2.45, 2.75) is 6.54 Å². The quantitative estimate of drug-likeness (QED) is 0.782. The lowest BCUT2D eigenvalue weighted by molar-refractivity contribution is 1.07. The van der Waals surface area contributed by atoms with Crippen molar-refractivity contribution in [3.63, 3.8) is 0 Å². The Morgan fingerprint density at radius 1 is 1.06 bits per heavy atom. The zero-order chi connectivity index (χ0) is 11.5. The van der Waals surface area contributed by atoms with Gasteiger partial charge in [-0.2, -0.15) is 0 Å². The molecule has 0 spiro atoms. The van der Waals surface area contributed by atoms with Gasteiger partial charge in [-0.05, 0) is 28.8 Å². The molecular formula is C13H13ClN2. The molecule has 0 saturated heterocycles. The molecule has 0 saturated carbocycles. The number of anilines is 1. The lowest BCUT2D eigenvalue weighted by Gasteiger charge is -2.09. The van der Waals surface area contributed by atoms with E-state index in [1.807, 2.05) is 36.4 Å². The molecule has 16 heavy (non-hydrogen) atoms. The smallest absolute Gasteiger partial charge is 0.0635 e. The van der Waals surface area contributed by atoms with E-state index in [1.165, 1.54) is 0 Å². The van der Waals surface area contributed by atoms with Gasteiger partial charge in [0.05, 0.1) is 10.7 Å². The summed E-state index contributed by atoms with van der Waals surface area (Å²) >= 11 is 5.89. The van der Waals surface area contributed by atoms with E-state index in [2.05, 4.69) is 0 Å². The molecule has 4 N–H and O–H groups in total. The van der Waals surface area contributed by atoms with Crippen molar-refractivity contribution in [3.05, 3.63) is 53.1 Å². The van der Waals surface area contributed by atoms with Gasteiger partial charge in [0.15, 0.2) is 0 Å². The molecule has 0 radical (unpaired) electrons. The van der Waals surface area contributed by atoms with E-state index >= 15 is 0 Å². The molecule has 0 aromatic heterocycles. The van der Waals surface area contributed by atoms with Gasteiger partial charge in [-0.15, -0.1) is 0 Å². The summed E-state index contributed by atoms with van der Waals surface area (Å²) in [6.07, 6.45) is 0. The fraction of sp³-hybridized carbons (Fsp3) is 0.0769. The van der Waals surface area contributed by atoms with E-state index < -0.39 is 0 Å². The van der Waals surface area contributed by atoms with Gasteiger partial charge >= 0.3 is 0 Å². The van der Waals surface area contributed by atoms with E-state index in [4.69, 9.17) is 23.1 Å². The van der Waals surface area contributed by atoms with Gasteiger partial charge in [-0.1, -0.05) is 41.9 Å². The lowest BCUT2D eigenvalue weighted by Crippen LogP contribution is -1.98. The molecule has 0 aliphatic rings. The van der Waals surface area contributed by atoms with E-state index in [1.54, 1.807) is 6.07 Å². The fourth-order valence-corrected chi connectivity index (χ4v) is 1.81. The van der Waals surface area contributed by atoms with Crippen LogP contribution in [0.4, 0.5) is 5.69 Å². The number of nitrogen functional groups attached to an aromatic ring is 1. The van der Waals surface area contributed by atoms with E-state index in [0.717, 1.165) is 16.7 Å². The van der Waals surface area contributed by atoms with Crippen LogP contribution in [0, 0.1) is 0 Å². The van der Waals surface area contributed by atoms with Crippen LogP contribution >= 0.6 is 11.6 Å². The highest BCUT2D eigenvalue weighted by atomic mass is 35.5. The normalized spacial score (nSPS) is 10.4. The third-order valence-corrected chi connectivity index (χ3v) is 2.89. The second kappa shape index (κ2) is 4.56. The molecule has 0 amide bonds. The Morgan fingerprint density at radius 3 is 2.50 bits per heavy atom. The molecule has 0 heterocycles. The van der Waals surface area contributed by atoms with Crippen LogP contribution < -0.4 is 11.5 Å². The first-order valence-electron chi connectivity index (χ1n) is 5.05. The maximum absolute atomic E-state index is 5.89. The Labute approximate surface area is 99.8 Å². The van der Waals surface area contributed by atoms with Crippen LogP contribution in [0.2, 0.25) is 5.02 Å². The minimum Gasteiger partial charge on any atom is -0.398 e. The summed E-state index contributed by atoms with van der Waals surface area (Å²) in [6.45, 7) is 0.513. The van der Waals surface area contributed by atoms with Gasteiger partial charge in [0, 0.05) is 6.54 Å². The molecule has 0 unspecified atom stereocenters. The highest BCUT2D eigenvalue weighted by Crippen LogP contribution is 2.28. The summed E-state index contributed by atoms with van der Waals surface area (Å²) in [7, 11) is 0. The van der Waals surface area contributed by atoms with Crippen LogP contribution in [-0.2, 0) is 6.54 Å². The summed E-state index contributed by atoms with van der Waals surface area (Å²) in [5, 5.41) is 0.578. The second-order valence-electron chi connectivity index (χ2n) is 3.60. The van der Waals surface area contributed by atoms with Crippen LogP contribution in [0.5, 0.6) is 0 Å². The Morgan fingerprint density at radius 2 is 1.81 bits per heavy atom. The third-order valence-electron chi connectivity index (χ3n) is 2.54. The van der Waals surface area contributed by atoms with Gasteiger partial charge in [-0.3, -0.25) is 0 Å². The monoisotopic (exact) mass is 232 g/mol. The second-order valence-corrected chi connectivity index (χ2v) is 4.00. The van der Waals surface area contributed by atoms with Crippen LogP contribution in [0.15, 0.2) is 42.5 Å². The van der Waals surface area contributed by atoms with Crippen molar-refractivity contribution < 1.29 is 0 Å². The molecule has 0 fully saturated rings. The molecule has 2 aromatic carbocycles. The first-order chi connectivity index (χ1) is 7.72. The molecule has 2 aromatic rings. The summed E-state index contributed by atoms with van der Waals surface area (Å²) in [4.78, 5) is 0. The van der Waals surface area contributed by atoms with Crippen molar-refractivity contribution in [1.29, 1.82) is 0 Å². The van der Waals surface area contributed by atoms with E-state index in [-0.39, 0.29) is 0 Å². The predicted octanol–water partition coefficient (Wildman–Crippen LogP) is 3.05. The van der Waals surface area contributed by atoms with E-state index in [9.17, 15) is 0 Å². The average Bonchev–Trinajstić information content (AvgIpc) is 2.32. The van der Waals surface area contributed by atoms with Gasteiger partial charge in [0.25, 0.3) is 0 Å². The third kappa shape index (κ3) is 2.03. The zero-order valence-electron chi connectivity index (χ0n) is 8.78. The summed E-state index contributed by atoms with van der Waals surface area (Å²) in [6, 6.07) is 13.6. The van der Waals surface area contributed by atoms with Crippen molar-refractivity contribution >= 4 is 17.3 Å². The number of benzene rings is 2. The summed E-state index contributed by atoms with van der Waals surface area (Å²) in [5.41, 5.74) is 15.3. The van der Waals surface area contributed by atoms with Gasteiger partial charge < -0.3 is 11.5 Å². The Balaban J connectivity index is 2.54. The average molecular weight is 233 g/mol. The molecule has 3 heteroatoms. The first-order valence-corrected chi connectivity index (χ1v) is 5.43.